The molecule has 1 aliphatic heterocycles. The van der Waals surface area contributed by atoms with Gasteiger partial charge in [0.05, 0.1) is 11.8 Å². The van der Waals surface area contributed by atoms with Crippen molar-refractivity contribution < 1.29 is 13.2 Å². The summed E-state index contributed by atoms with van der Waals surface area (Å²) in [5.74, 6) is -0.106. The molecular weight excluding hydrogens is 430 g/mol. The SMILES string of the molecule is NCC[C@@H]1C(CI)=NN(CC(F)(F)F)C1c1ccc(Cl)cc1. The summed E-state index contributed by atoms with van der Waals surface area (Å²) in [4.78, 5) is 0. The highest BCUT2D eigenvalue weighted by Gasteiger charge is 2.42. The Morgan fingerprint density at radius 1 is 1.27 bits per heavy atom. The molecule has 2 atom stereocenters. The van der Waals surface area contributed by atoms with E-state index in [0.29, 0.717) is 22.4 Å². The zero-order valence-corrected chi connectivity index (χ0v) is 14.6. The molecule has 22 heavy (non-hydrogen) atoms. The first-order valence-electron chi connectivity index (χ1n) is 6.78. The number of hydrogen-bond acceptors (Lipinski definition) is 3. The highest BCUT2D eigenvalue weighted by atomic mass is 127. The first-order chi connectivity index (χ1) is 10.4. The Bertz CT molecular complexity index is 533. The average molecular weight is 446 g/mol. The van der Waals surface area contributed by atoms with Crippen LogP contribution in [-0.4, -0.2) is 34.4 Å². The molecule has 0 saturated carbocycles. The molecule has 1 unspecified atom stereocenters. The van der Waals surface area contributed by atoms with E-state index in [-0.39, 0.29) is 5.92 Å². The number of hydrogen-bond donors (Lipinski definition) is 1. The van der Waals surface area contributed by atoms with Gasteiger partial charge in [-0.05, 0) is 30.7 Å². The molecule has 122 valence electrons. The first kappa shape index (κ1) is 17.8. The normalized spacial score (nSPS) is 22.1. The number of nitrogens with two attached hydrogens (primary N) is 1. The first-order valence-corrected chi connectivity index (χ1v) is 8.68. The summed E-state index contributed by atoms with van der Waals surface area (Å²) in [6.45, 7) is -0.661. The fourth-order valence-corrected chi connectivity index (χ4v) is 3.55. The molecule has 0 saturated heterocycles. The molecule has 0 fully saturated rings. The van der Waals surface area contributed by atoms with E-state index in [0.717, 1.165) is 16.3 Å². The number of nitrogens with zero attached hydrogens (tertiary/aromatic N) is 2. The Hall–Kier alpha value is -0.540. The number of halogens is 5. The van der Waals surface area contributed by atoms with Crippen LogP contribution in [0.2, 0.25) is 5.02 Å². The third-order valence-electron chi connectivity index (χ3n) is 3.55. The lowest BCUT2D eigenvalue weighted by Gasteiger charge is -2.29. The van der Waals surface area contributed by atoms with E-state index in [2.05, 4.69) is 27.7 Å². The molecule has 1 aromatic rings. The molecule has 0 spiro atoms. The van der Waals surface area contributed by atoms with E-state index in [9.17, 15) is 13.2 Å². The molecule has 0 aliphatic carbocycles. The van der Waals surface area contributed by atoms with Crippen LogP contribution in [0.4, 0.5) is 13.2 Å². The highest BCUT2D eigenvalue weighted by Crippen LogP contribution is 2.39. The fraction of sp³-hybridized carbons (Fsp3) is 0.500. The smallest absolute Gasteiger partial charge is 0.330 e. The maximum absolute atomic E-state index is 12.8. The molecule has 0 bridgehead atoms. The van der Waals surface area contributed by atoms with Crippen LogP contribution in [0, 0.1) is 5.92 Å². The number of rotatable bonds is 5. The predicted octanol–water partition coefficient (Wildman–Crippen LogP) is 4.02. The molecule has 1 aliphatic rings. The van der Waals surface area contributed by atoms with E-state index < -0.39 is 18.8 Å². The molecule has 2 N–H and O–H groups in total. The lowest BCUT2D eigenvalue weighted by Crippen LogP contribution is -2.34. The highest BCUT2D eigenvalue weighted by molar-refractivity contribution is 14.1. The topological polar surface area (TPSA) is 41.6 Å². The van der Waals surface area contributed by atoms with Gasteiger partial charge in [-0.1, -0.05) is 46.3 Å². The van der Waals surface area contributed by atoms with Crippen molar-refractivity contribution >= 4 is 39.9 Å². The van der Waals surface area contributed by atoms with Crippen LogP contribution in [-0.2, 0) is 0 Å². The summed E-state index contributed by atoms with van der Waals surface area (Å²) in [5.41, 5.74) is 7.18. The van der Waals surface area contributed by atoms with Gasteiger partial charge in [0.15, 0.2) is 0 Å². The maximum Gasteiger partial charge on any atom is 0.407 e. The number of alkyl halides is 4. The molecule has 0 aromatic heterocycles. The number of hydrazone groups is 1. The summed E-state index contributed by atoms with van der Waals surface area (Å²) >= 11 is 8.00. The van der Waals surface area contributed by atoms with Crippen molar-refractivity contribution in [1.82, 2.24) is 5.01 Å². The maximum atomic E-state index is 12.8. The summed E-state index contributed by atoms with van der Waals surface area (Å²) in [5, 5.41) is 5.89. The zero-order chi connectivity index (χ0) is 16.3. The Kier molecular flexibility index (Phi) is 5.95. The molecular formula is C14H16ClF3IN3. The van der Waals surface area contributed by atoms with E-state index >= 15 is 0 Å². The van der Waals surface area contributed by atoms with Crippen molar-refractivity contribution in [3.63, 3.8) is 0 Å². The van der Waals surface area contributed by atoms with Crippen LogP contribution in [0.5, 0.6) is 0 Å². The molecule has 3 nitrogen and oxygen atoms in total. The van der Waals surface area contributed by atoms with E-state index in [1.165, 1.54) is 0 Å². The van der Waals surface area contributed by atoms with Gasteiger partial charge in [0.25, 0.3) is 0 Å². The van der Waals surface area contributed by atoms with Crippen LogP contribution < -0.4 is 5.73 Å². The number of benzene rings is 1. The van der Waals surface area contributed by atoms with Crippen molar-refractivity contribution in [2.24, 2.45) is 16.8 Å². The Morgan fingerprint density at radius 2 is 1.91 bits per heavy atom. The molecule has 2 rings (SSSR count). The lowest BCUT2D eigenvalue weighted by molar-refractivity contribution is -0.150. The van der Waals surface area contributed by atoms with Crippen LogP contribution in [0.25, 0.3) is 0 Å². The van der Waals surface area contributed by atoms with Crippen LogP contribution in [0.1, 0.15) is 18.0 Å². The van der Waals surface area contributed by atoms with Gasteiger partial charge in [-0.15, -0.1) is 0 Å². The molecule has 1 aromatic carbocycles. The summed E-state index contributed by atoms with van der Waals surface area (Å²) in [6, 6.07) is 6.43. The largest absolute Gasteiger partial charge is 0.407 e. The van der Waals surface area contributed by atoms with Gasteiger partial charge in [0, 0.05) is 15.4 Å². The van der Waals surface area contributed by atoms with Gasteiger partial charge in [0.1, 0.15) is 6.54 Å². The van der Waals surface area contributed by atoms with Crippen LogP contribution >= 0.6 is 34.2 Å². The van der Waals surface area contributed by atoms with Crippen molar-refractivity contribution in [2.75, 3.05) is 17.5 Å². The van der Waals surface area contributed by atoms with Crippen molar-refractivity contribution in [2.45, 2.75) is 18.6 Å². The van der Waals surface area contributed by atoms with Crippen molar-refractivity contribution in [3.05, 3.63) is 34.9 Å². The fourth-order valence-electron chi connectivity index (χ4n) is 2.70. The minimum absolute atomic E-state index is 0.106. The van der Waals surface area contributed by atoms with Gasteiger partial charge < -0.3 is 5.73 Å². The van der Waals surface area contributed by atoms with Crippen molar-refractivity contribution in [1.29, 1.82) is 0 Å². The predicted molar refractivity (Wildman–Crippen MR) is 90.4 cm³/mol. The molecule has 1 heterocycles. The second-order valence-corrected chi connectivity index (χ2v) is 6.32. The minimum atomic E-state index is -4.30. The Labute approximate surface area is 145 Å². The molecule has 0 radical (unpaired) electrons. The minimum Gasteiger partial charge on any atom is -0.330 e. The monoisotopic (exact) mass is 445 g/mol. The van der Waals surface area contributed by atoms with Crippen molar-refractivity contribution in [3.8, 4) is 0 Å². The second-order valence-electron chi connectivity index (χ2n) is 5.12. The molecule has 8 heteroatoms. The van der Waals surface area contributed by atoms with E-state index in [4.69, 9.17) is 17.3 Å². The Balaban J connectivity index is 2.36. The quantitative estimate of drug-likeness (QED) is 0.550. The summed E-state index contributed by atoms with van der Waals surface area (Å²) in [7, 11) is 0. The van der Waals surface area contributed by atoms with E-state index in [1.807, 2.05) is 0 Å². The lowest BCUT2D eigenvalue weighted by atomic mass is 9.88. The average Bonchev–Trinajstić information content (AvgIpc) is 2.76. The second kappa shape index (κ2) is 7.35. The third kappa shape index (κ3) is 4.26. The summed E-state index contributed by atoms with van der Waals surface area (Å²) in [6.07, 6.45) is -3.70. The van der Waals surface area contributed by atoms with Crippen LogP contribution in [0.15, 0.2) is 29.4 Å². The van der Waals surface area contributed by atoms with Gasteiger partial charge >= 0.3 is 6.18 Å². The van der Waals surface area contributed by atoms with Gasteiger partial charge in [-0.2, -0.15) is 18.3 Å². The molecule has 0 amide bonds. The summed E-state index contributed by atoms with van der Waals surface area (Å²) < 4.78 is 39.1. The van der Waals surface area contributed by atoms with Crippen LogP contribution in [0.3, 0.4) is 0 Å². The Morgan fingerprint density at radius 3 is 2.41 bits per heavy atom. The van der Waals surface area contributed by atoms with E-state index in [1.54, 1.807) is 24.3 Å². The third-order valence-corrected chi connectivity index (χ3v) is 4.59. The van der Waals surface area contributed by atoms with Gasteiger partial charge in [-0.25, -0.2) is 0 Å². The zero-order valence-electron chi connectivity index (χ0n) is 11.7. The standard InChI is InChI=1S/C14H16ClF3IN3/c15-10-3-1-9(2-4-10)13-11(5-6-20)12(7-19)21-22(13)8-14(16,17)18/h1-4,11,13H,5-8,20H2/t11-,13?/m1/s1. The van der Waals surface area contributed by atoms with Gasteiger partial charge in [-0.3, -0.25) is 5.01 Å². The van der Waals surface area contributed by atoms with Gasteiger partial charge in [0.2, 0.25) is 0 Å².